The fourth-order valence-corrected chi connectivity index (χ4v) is 1.56. The molecule has 3 heteroatoms. The number of nitrogens with two attached hydrogens (primary N) is 1. The number of hydrogen-bond donors (Lipinski definition) is 1. The Bertz CT molecular complexity index is 162. The van der Waals surface area contributed by atoms with Crippen LogP contribution in [0.3, 0.4) is 0 Å². The first-order valence-electron chi connectivity index (χ1n) is 5.23. The fourth-order valence-electron chi connectivity index (χ4n) is 1.56. The van der Waals surface area contributed by atoms with Crippen LogP contribution < -0.4 is 5.73 Å². The van der Waals surface area contributed by atoms with Gasteiger partial charge < -0.3 is 10.5 Å². The van der Waals surface area contributed by atoms with Gasteiger partial charge in [0, 0.05) is 19.6 Å². The van der Waals surface area contributed by atoms with Crippen molar-refractivity contribution in [2.24, 2.45) is 10.7 Å². The number of hydrogen-bond acceptors (Lipinski definition) is 2. The van der Waals surface area contributed by atoms with Crippen LogP contribution in [0.15, 0.2) is 4.99 Å². The maximum absolute atomic E-state index is 5.68. The molecular formula is C10H20N2O. The molecular weight excluding hydrogens is 164 g/mol. The predicted octanol–water partition coefficient (Wildman–Crippen LogP) is 1.71. The van der Waals surface area contributed by atoms with Gasteiger partial charge in [0.05, 0.1) is 11.9 Å². The summed E-state index contributed by atoms with van der Waals surface area (Å²) in [5.41, 5.74) is 5.68. The zero-order valence-electron chi connectivity index (χ0n) is 8.46. The van der Waals surface area contributed by atoms with Gasteiger partial charge in [-0.05, 0) is 25.7 Å². The molecule has 1 saturated heterocycles. The third-order valence-corrected chi connectivity index (χ3v) is 2.30. The topological polar surface area (TPSA) is 47.6 Å². The number of rotatable bonds is 5. The molecule has 1 unspecified atom stereocenters. The molecule has 0 bridgehead atoms. The smallest absolute Gasteiger partial charge is 0.0936 e. The average Bonchev–Trinajstić information content (AvgIpc) is 2.57. The molecule has 1 atom stereocenters. The van der Waals surface area contributed by atoms with Crippen molar-refractivity contribution >= 4 is 5.84 Å². The normalized spacial score (nSPS) is 23.8. The highest BCUT2D eigenvalue weighted by Gasteiger charge is 2.14. The van der Waals surface area contributed by atoms with Gasteiger partial charge in [-0.15, -0.1) is 0 Å². The first-order chi connectivity index (χ1) is 6.33. The zero-order valence-corrected chi connectivity index (χ0v) is 8.46. The van der Waals surface area contributed by atoms with E-state index in [-0.39, 0.29) is 0 Å². The molecule has 0 aromatic carbocycles. The Labute approximate surface area is 80.4 Å². The van der Waals surface area contributed by atoms with Crippen molar-refractivity contribution in [3.63, 3.8) is 0 Å². The summed E-state index contributed by atoms with van der Waals surface area (Å²) in [5, 5.41) is 0. The van der Waals surface area contributed by atoms with Gasteiger partial charge in [0.15, 0.2) is 0 Å². The molecule has 1 heterocycles. The van der Waals surface area contributed by atoms with E-state index in [4.69, 9.17) is 10.5 Å². The van der Waals surface area contributed by atoms with E-state index in [1.807, 2.05) is 0 Å². The molecule has 2 N–H and O–H groups in total. The van der Waals surface area contributed by atoms with Crippen LogP contribution in [0.4, 0.5) is 0 Å². The summed E-state index contributed by atoms with van der Waals surface area (Å²) >= 11 is 0. The Kier molecular flexibility index (Phi) is 4.83. The standard InChI is InChI=1S/C10H20N2O/c1-2-4-10(11)12-7-6-9-5-3-8-13-9/h9H,2-8H2,1H3,(H2,11,12). The van der Waals surface area contributed by atoms with Crippen molar-refractivity contribution in [2.75, 3.05) is 13.2 Å². The molecule has 1 fully saturated rings. The summed E-state index contributed by atoms with van der Waals surface area (Å²) in [7, 11) is 0. The van der Waals surface area contributed by atoms with Gasteiger partial charge in [-0.2, -0.15) is 0 Å². The average molecular weight is 184 g/mol. The second-order valence-electron chi connectivity index (χ2n) is 3.55. The second kappa shape index (κ2) is 5.97. The summed E-state index contributed by atoms with van der Waals surface area (Å²) < 4.78 is 5.48. The molecule has 0 aliphatic carbocycles. The van der Waals surface area contributed by atoms with E-state index >= 15 is 0 Å². The Morgan fingerprint density at radius 2 is 2.46 bits per heavy atom. The van der Waals surface area contributed by atoms with Crippen molar-refractivity contribution in [2.45, 2.75) is 45.1 Å². The molecule has 0 spiro atoms. The highest BCUT2D eigenvalue weighted by molar-refractivity contribution is 5.80. The number of nitrogens with zero attached hydrogens (tertiary/aromatic N) is 1. The molecule has 3 nitrogen and oxygen atoms in total. The van der Waals surface area contributed by atoms with Gasteiger partial charge in [-0.3, -0.25) is 4.99 Å². The van der Waals surface area contributed by atoms with Gasteiger partial charge in [0.25, 0.3) is 0 Å². The van der Waals surface area contributed by atoms with E-state index in [1.165, 1.54) is 12.8 Å². The maximum Gasteiger partial charge on any atom is 0.0936 e. The molecule has 1 rings (SSSR count). The van der Waals surface area contributed by atoms with Crippen LogP contribution in [0, 0.1) is 0 Å². The molecule has 1 aliphatic rings. The Morgan fingerprint density at radius 1 is 1.62 bits per heavy atom. The van der Waals surface area contributed by atoms with Crippen LogP contribution in [0.1, 0.15) is 39.0 Å². The van der Waals surface area contributed by atoms with E-state index in [9.17, 15) is 0 Å². The first kappa shape index (κ1) is 10.5. The monoisotopic (exact) mass is 184 g/mol. The van der Waals surface area contributed by atoms with Gasteiger partial charge in [-0.1, -0.05) is 6.92 Å². The van der Waals surface area contributed by atoms with Crippen molar-refractivity contribution in [3.8, 4) is 0 Å². The molecule has 13 heavy (non-hydrogen) atoms. The third-order valence-electron chi connectivity index (χ3n) is 2.30. The molecule has 76 valence electrons. The summed E-state index contributed by atoms with van der Waals surface area (Å²) in [6.07, 6.45) is 5.88. The fraction of sp³-hybridized carbons (Fsp3) is 0.900. The zero-order chi connectivity index (χ0) is 9.52. The van der Waals surface area contributed by atoms with E-state index < -0.39 is 0 Å². The first-order valence-corrected chi connectivity index (χ1v) is 5.23. The third kappa shape index (κ3) is 4.27. The number of aliphatic imine (C=N–C) groups is 1. The molecule has 0 aromatic rings. The van der Waals surface area contributed by atoms with Gasteiger partial charge >= 0.3 is 0 Å². The maximum atomic E-state index is 5.68. The van der Waals surface area contributed by atoms with Crippen LogP contribution in [0.25, 0.3) is 0 Å². The summed E-state index contributed by atoms with van der Waals surface area (Å²) in [6, 6.07) is 0. The number of amidine groups is 1. The highest BCUT2D eigenvalue weighted by Crippen LogP contribution is 2.14. The molecule has 0 aromatic heterocycles. The van der Waals surface area contributed by atoms with Gasteiger partial charge in [0.1, 0.15) is 0 Å². The minimum Gasteiger partial charge on any atom is -0.387 e. The van der Waals surface area contributed by atoms with E-state index in [0.717, 1.165) is 38.2 Å². The molecule has 0 radical (unpaired) electrons. The highest BCUT2D eigenvalue weighted by atomic mass is 16.5. The van der Waals surface area contributed by atoms with Crippen LogP contribution >= 0.6 is 0 Å². The van der Waals surface area contributed by atoms with Crippen molar-refractivity contribution in [1.82, 2.24) is 0 Å². The molecule has 0 amide bonds. The molecule has 1 aliphatic heterocycles. The van der Waals surface area contributed by atoms with Crippen molar-refractivity contribution < 1.29 is 4.74 Å². The lowest BCUT2D eigenvalue weighted by Gasteiger charge is -2.06. The van der Waals surface area contributed by atoms with Crippen LogP contribution in [-0.2, 0) is 4.74 Å². The van der Waals surface area contributed by atoms with Crippen LogP contribution in [0.5, 0.6) is 0 Å². The quantitative estimate of drug-likeness (QED) is 0.522. The Balaban J connectivity index is 2.07. The van der Waals surface area contributed by atoms with E-state index in [2.05, 4.69) is 11.9 Å². The van der Waals surface area contributed by atoms with Crippen LogP contribution in [-0.4, -0.2) is 25.1 Å². The molecule has 0 saturated carbocycles. The Morgan fingerprint density at radius 3 is 3.08 bits per heavy atom. The SMILES string of the molecule is CCCC(N)=NCCC1CCCO1. The summed E-state index contributed by atoms with van der Waals surface area (Å²) in [5.74, 6) is 0.792. The summed E-state index contributed by atoms with van der Waals surface area (Å²) in [6.45, 7) is 3.87. The summed E-state index contributed by atoms with van der Waals surface area (Å²) in [4.78, 5) is 4.29. The lowest BCUT2D eigenvalue weighted by molar-refractivity contribution is 0.106. The number of ether oxygens (including phenoxy) is 1. The lowest BCUT2D eigenvalue weighted by atomic mass is 10.2. The predicted molar refractivity (Wildman–Crippen MR) is 55.0 cm³/mol. The minimum absolute atomic E-state index is 0.443. The largest absolute Gasteiger partial charge is 0.387 e. The Hall–Kier alpha value is -0.570. The van der Waals surface area contributed by atoms with Gasteiger partial charge in [-0.25, -0.2) is 0 Å². The van der Waals surface area contributed by atoms with Crippen molar-refractivity contribution in [1.29, 1.82) is 0 Å². The minimum atomic E-state index is 0.443. The van der Waals surface area contributed by atoms with E-state index in [0.29, 0.717) is 6.10 Å². The lowest BCUT2D eigenvalue weighted by Crippen LogP contribution is -2.13. The van der Waals surface area contributed by atoms with Gasteiger partial charge in [0.2, 0.25) is 0 Å². The van der Waals surface area contributed by atoms with Crippen LogP contribution in [0.2, 0.25) is 0 Å². The van der Waals surface area contributed by atoms with Crippen molar-refractivity contribution in [3.05, 3.63) is 0 Å². The second-order valence-corrected chi connectivity index (χ2v) is 3.55. The van der Waals surface area contributed by atoms with E-state index in [1.54, 1.807) is 0 Å².